The summed E-state index contributed by atoms with van der Waals surface area (Å²) >= 11 is 0. The van der Waals surface area contributed by atoms with Gasteiger partial charge in [-0.15, -0.1) is 0 Å². The van der Waals surface area contributed by atoms with Crippen LogP contribution in [0.15, 0.2) is 85.1 Å². The summed E-state index contributed by atoms with van der Waals surface area (Å²) in [5, 5.41) is 4.23. The van der Waals surface area contributed by atoms with Crippen molar-refractivity contribution in [2.75, 3.05) is 5.32 Å². The lowest BCUT2D eigenvalue weighted by Gasteiger charge is -2.50. The molecule has 0 radical (unpaired) electrons. The van der Waals surface area contributed by atoms with E-state index >= 15 is 0 Å². The Labute approximate surface area is 175 Å². The zero-order chi connectivity index (χ0) is 20.3. The average molecular weight is 390 g/mol. The second kappa shape index (κ2) is 6.27. The predicted octanol–water partition coefficient (Wildman–Crippen LogP) is 5.86. The molecule has 1 N–H and O–H groups in total. The smallest absolute Gasteiger partial charge is 0.231 e. The van der Waals surface area contributed by atoms with Crippen LogP contribution in [0.1, 0.15) is 47.4 Å². The largest absolute Gasteiger partial charge is 0.325 e. The molecule has 1 atom stereocenters. The van der Waals surface area contributed by atoms with E-state index in [0.29, 0.717) is 0 Å². The lowest BCUT2D eigenvalue weighted by atomic mass is 9.52. The van der Waals surface area contributed by atoms with Crippen molar-refractivity contribution in [3.63, 3.8) is 0 Å². The lowest BCUT2D eigenvalue weighted by molar-refractivity contribution is -0.126. The molecule has 30 heavy (non-hydrogen) atoms. The number of fused-ring (bicyclic) bond motifs is 2. The third-order valence-corrected chi connectivity index (χ3v) is 7.05. The molecule has 4 aromatic rings. The van der Waals surface area contributed by atoms with Crippen LogP contribution in [0, 0.1) is 5.41 Å². The Morgan fingerprint density at radius 2 is 1.47 bits per heavy atom. The third kappa shape index (κ3) is 2.32. The van der Waals surface area contributed by atoms with Gasteiger partial charge in [0.15, 0.2) is 0 Å². The fourth-order valence-electron chi connectivity index (χ4n) is 5.66. The zero-order valence-electron chi connectivity index (χ0n) is 16.8. The first-order valence-electron chi connectivity index (χ1n) is 10.5. The van der Waals surface area contributed by atoms with E-state index in [1.165, 1.54) is 22.3 Å². The van der Waals surface area contributed by atoms with Crippen LogP contribution in [0.25, 0.3) is 10.9 Å². The van der Waals surface area contributed by atoms with Crippen LogP contribution in [0.3, 0.4) is 0 Å². The Bertz CT molecular complexity index is 1260. The standard InChI is InChI=1S/C27H22N2O/c1-27(26(30)29-24-14-15-28-23-13-7-6-12-21(23)24)16-22-17-8-2-4-10-19(17)25(27)20-11-5-3-9-18(20)22/h2-15,22,25H,16H2,1H3,(H,28,29,30). The number of hydrogen-bond donors (Lipinski definition) is 1. The van der Waals surface area contributed by atoms with E-state index < -0.39 is 5.41 Å². The summed E-state index contributed by atoms with van der Waals surface area (Å²) in [6.07, 6.45) is 2.58. The molecule has 3 aliphatic carbocycles. The van der Waals surface area contributed by atoms with Crippen molar-refractivity contribution in [1.82, 2.24) is 4.98 Å². The minimum atomic E-state index is -0.516. The molecule has 3 heteroatoms. The number of hydrogen-bond acceptors (Lipinski definition) is 2. The first kappa shape index (κ1) is 17.4. The van der Waals surface area contributed by atoms with E-state index in [0.717, 1.165) is 23.0 Å². The molecule has 0 aliphatic heterocycles. The van der Waals surface area contributed by atoms with Crippen LogP contribution in [0.4, 0.5) is 5.69 Å². The molecular weight excluding hydrogens is 368 g/mol. The van der Waals surface area contributed by atoms with Crippen LogP contribution >= 0.6 is 0 Å². The maximum Gasteiger partial charge on any atom is 0.231 e. The number of benzene rings is 3. The van der Waals surface area contributed by atoms with Crippen molar-refractivity contribution in [3.8, 4) is 0 Å². The van der Waals surface area contributed by atoms with E-state index in [4.69, 9.17) is 0 Å². The van der Waals surface area contributed by atoms with Gasteiger partial charge in [0.25, 0.3) is 0 Å². The Morgan fingerprint density at radius 3 is 2.17 bits per heavy atom. The average Bonchev–Trinajstić information content (AvgIpc) is 2.79. The highest BCUT2D eigenvalue weighted by atomic mass is 16.2. The summed E-state index contributed by atoms with van der Waals surface area (Å²) in [6, 6.07) is 27.1. The van der Waals surface area contributed by atoms with Crippen molar-refractivity contribution >= 4 is 22.5 Å². The number of carbonyl (C=O) groups is 1. The van der Waals surface area contributed by atoms with Crippen LogP contribution < -0.4 is 5.32 Å². The molecule has 3 aromatic carbocycles. The molecule has 1 amide bonds. The minimum Gasteiger partial charge on any atom is -0.325 e. The molecular formula is C27H22N2O. The first-order chi connectivity index (χ1) is 14.7. The van der Waals surface area contributed by atoms with Gasteiger partial charge in [-0.1, -0.05) is 66.7 Å². The van der Waals surface area contributed by atoms with Gasteiger partial charge < -0.3 is 5.32 Å². The summed E-state index contributed by atoms with van der Waals surface area (Å²) in [4.78, 5) is 18.2. The van der Waals surface area contributed by atoms with Crippen LogP contribution in [-0.2, 0) is 4.79 Å². The molecule has 0 fully saturated rings. The van der Waals surface area contributed by atoms with Gasteiger partial charge in [-0.05, 0) is 47.7 Å². The van der Waals surface area contributed by atoms with Gasteiger partial charge in [-0.25, -0.2) is 0 Å². The van der Waals surface area contributed by atoms with Gasteiger partial charge >= 0.3 is 0 Å². The second-order valence-corrected chi connectivity index (χ2v) is 8.69. The van der Waals surface area contributed by atoms with Crippen molar-refractivity contribution < 1.29 is 4.79 Å². The van der Waals surface area contributed by atoms with Gasteiger partial charge in [-0.2, -0.15) is 0 Å². The summed E-state index contributed by atoms with van der Waals surface area (Å²) in [6.45, 7) is 2.13. The molecule has 1 unspecified atom stereocenters. The number of rotatable bonds is 2. The first-order valence-corrected chi connectivity index (χ1v) is 10.5. The second-order valence-electron chi connectivity index (χ2n) is 8.69. The molecule has 0 spiro atoms. The SMILES string of the molecule is CC1(C(=O)Nc2ccnc3ccccc23)CC2c3ccccc3C1c1ccccc12. The fourth-order valence-corrected chi connectivity index (χ4v) is 5.66. The van der Waals surface area contributed by atoms with Gasteiger partial charge in [-0.3, -0.25) is 9.78 Å². The monoisotopic (exact) mass is 390 g/mol. The topological polar surface area (TPSA) is 42.0 Å². The van der Waals surface area contributed by atoms with Crippen molar-refractivity contribution in [2.24, 2.45) is 5.41 Å². The Hall–Kier alpha value is -3.46. The maximum absolute atomic E-state index is 13.8. The van der Waals surface area contributed by atoms with E-state index in [9.17, 15) is 4.79 Å². The van der Waals surface area contributed by atoms with Crippen molar-refractivity contribution in [2.45, 2.75) is 25.2 Å². The van der Waals surface area contributed by atoms with E-state index in [2.05, 4.69) is 65.8 Å². The Morgan fingerprint density at radius 1 is 0.867 bits per heavy atom. The molecule has 0 saturated heterocycles. The van der Waals surface area contributed by atoms with E-state index in [1.807, 2.05) is 30.3 Å². The van der Waals surface area contributed by atoms with Gasteiger partial charge in [0.1, 0.15) is 0 Å². The highest BCUT2D eigenvalue weighted by molar-refractivity contribution is 6.03. The normalized spacial score (nSPS) is 23.6. The Balaban J connectivity index is 1.46. The van der Waals surface area contributed by atoms with Gasteiger partial charge in [0, 0.05) is 23.4 Å². The number of amides is 1. The molecule has 1 aromatic heterocycles. The Kier molecular flexibility index (Phi) is 3.64. The maximum atomic E-state index is 13.8. The summed E-state index contributed by atoms with van der Waals surface area (Å²) in [5.74, 6) is 0.396. The summed E-state index contributed by atoms with van der Waals surface area (Å²) in [5.41, 5.74) is 6.55. The highest BCUT2D eigenvalue weighted by Gasteiger charge is 2.53. The number of anilines is 1. The van der Waals surface area contributed by atoms with Crippen LogP contribution in [-0.4, -0.2) is 10.9 Å². The fraction of sp³-hybridized carbons (Fsp3) is 0.185. The molecule has 1 heterocycles. The molecule has 0 saturated carbocycles. The number of para-hydroxylation sites is 1. The molecule has 3 aliphatic rings. The lowest BCUT2D eigenvalue weighted by Crippen LogP contribution is -2.47. The minimum absolute atomic E-state index is 0.0583. The number of carbonyl (C=O) groups excluding carboxylic acids is 1. The van der Waals surface area contributed by atoms with E-state index in [-0.39, 0.29) is 17.7 Å². The predicted molar refractivity (Wildman–Crippen MR) is 120 cm³/mol. The zero-order valence-corrected chi connectivity index (χ0v) is 16.8. The van der Waals surface area contributed by atoms with Crippen molar-refractivity contribution in [3.05, 3.63) is 107 Å². The number of nitrogens with one attached hydrogen (secondary N) is 1. The molecule has 146 valence electrons. The van der Waals surface area contributed by atoms with Gasteiger partial charge in [0.2, 0.25) is 5.91 Å². The van der Waals surface area contributed by atoms with Crippen molar-refractivity contribution in [1.29, 1.82) is 0 Å². The number of pyridine rings is 1. The van der Waals surface area contributed by atoms with Gasteiger partial charge in [0.05, 0.1) is 16.6 Å². The number of aromatic nitrogens is 1. The van der Waals surface area contributed by atoms with Crippen LogP contribution in [0.5, 0.6) is 0 Å². The molecule has 2 bridgehead atoms. The van der Waals surface area contributed by atoms with E-state index in [1.54, 1.807) is 6.20 Å². The quantitative estimate of drug-likeness (QED) is 0.466. The number of nitrogens with zero attached hydrogens (tertiary/aromatic N) is 1. The summed E-state index contributed by atoms with van der Waals surface area (Å²) < 4.78 is 0. The van der Waals surface area contributed by atoms with Crippen LogP contribution in [0.2, 0.25) is 0 Å². The molecule has 7 rings (SSSR count). The highest BCUT2D eigenvalue weighted by Crippen LogP contribution is 2.61. The summed E-state index contributed by atoms with van der Waals surface area (Å²) in [7, 11) is 0. The molecule has 3 nitrogen and oxygen atoms in total. The third-order valence-electron chi connectivity index (χ3n) is 7.05.